The molecule has 1 N–H and O–H groups in total. The highest BCUT2D eigenvalue weighted by Gasteiger charge is 2.52. The smallest absolute Gasteiger partial charge is 0.248 e. The second kappa shape index (κ2) is 6.23. The molecule has 128 valence electrons. The molecular weight excluding hydrogens is 332 g/mol. The molecule has 0 radical (unpaired) electrons. The van der Waals surface area contributed by atoms with E-state index >= 15 is 0 Å². The van der Waals surface area contributed by atoms with Gasteiger partial charge in [-0.25, -0.2) is 0 Å². The predicted octanol–water partition coefficient (Wildman–Crippen LogP) is 3.75. The van der Waals surface area contributed by atoms with Gasteiger partial charge in [0, 0.05) is 17.9 Å². The summed E-state index contributed by atoms with van der Waals surface area (Å²) in [7, 11) is 0. The Morgan fingerprint density at radius 3 is 2.52 bits per heavy atom. The number of amides is 2. The molecule has 0 spiro atoms. The lowest BCUT2D eigenvalue weighted by Crippen LogP contribution is -2.48. The van der Waals surface area contributed by atoms with Crippen LogP contribution in [0.1, 0.15) is 19.8 Å². The van der Waals surface area contributed by atoms with Gasteiger partial charge in [0.1, 0.15) is 6.04 Å². The van der Waals surface area contributed by atoms with Crippen LogP contribution in [0.5, 0.6) is 0 Å². The molecule has 0 unspecified atom stereocenters. The van der Waals surface area contributed by atoms with Gasteiger partial charge in [0.05, 0.1) is 4.87 Å². The number of benzene rings is 2. The van der Waals surface area contributed by atoms with Crippen LogP contribution in [0, 0.1) is 0 Å². The Balaban J connectivity index is 1.47. The normalized spacial score (nSPS) is 25.1. The van der Waals surface area contributed by atoms with E-state index in [1.54, 1.807) is 16.7 Å². The first-order valence-corrected chi connectivity index (χ1v) is 9.48. The minimum Gasteiger partial charge on any atom is -0.324 e. The van der Waals surface area contributed by atoms with Crippen LogP contribution in [-0.2, 0) is 9.59 Å². The summed E-state index contributed by atoms with van der Waals surface area (Å²) in [5.74, 6) is 0.655. The minimum atomic E-state index is -0.376. The Hall–Kier alpha value is -2.27. The van der Waals surface area contributed by atoms with Gasteiger partial charge in [0.25, 0.3) is 0 Å². The Morgan fingerprint density at radius 2 is 1.80 bits per heavy atom. The van der Waals surface area contributed by atoms with Crippen molar-refractivity contribution in [3.63, 3.8) is 0 Å². The third-order valence-electron chi connectivity index (χ3n) is 5.01. The molecule has 0 saturated carbocycles. The van der Waals surface area contributed by atoms with Crippen LogP contribution < -0.4 is 5.32 Å². The number of thioether (sulfide) groups is 1. The molecule has 5 heteroatoms. The van der Waals surface area contributed by atoms with Crippen LogP contribution >= 0.6 is 11.8 Å². The van der Waals surface area contributed by atoms with Crippen LogP contribution in [-0.4, -0.2) is 33.4 Å². The largest absolute Gasteiger partial charge is 0.324 e. The molecule has 2 atom stereocenters. The van der Waals surface area contributed by atoms with Crippen LogP contribution in [0.25, 0.3) is 11.1 Å². The van der Waals surface area contributed by atoms with Gasteiger partial charge >= 0.3 is 0 Å². The zero-order chi connectivity index (χ0) is 17.4. The van der Waals surface area contributed by atoms with Crippen LogP contribution in [0.3, 0.4) is 0 Å². The van der Waals surface area contributed by atoms with Crippen molar-refractivity contribution in [3.05, 3.63) is 54.6 Å². The maximum absolute atomic E-state index is 12.7. The van der Waals surface area contributed by atoms with Gasteiger partial charge < -0.3 is 10.2 Å². The fraction of sp³-hybridized carbons (Fsp3) is 0.300. The molecule has 2 aliphatic heterocycles. The van der Waals surface area contributed by atoms with Crippen molar-refractivity contribution in [1.29, 1.82) is 0 Å². The monoisotopic (exact) mass is 352 g/mol. The first kappa shape index (κ1) is 16.2. The van der Waals surface area contributed by atoms with E-state index in [2.05, 4.69) is 24.4 Å². The standard InChI is InChI=1S/C20H20N2O2S/c1-20-12-11-18(23)22(20)17(13-25-20)19(24)21-16-9-7-15(8-10-16)14-5-3-2-4-6-14/h2-10,17H,11-13H2,1H3,(H,21,24)/t17-,20+/m1/s1. The van der Waals surface area contributed by atoms with Crippen molar-refractivity contribution < 1.29 is 9.59 Å². The number of rotatable bonds is 3. The molecule has 2 aromatic carbocycles. The van der Waals surface area contributed by atoms with E-state index in [0.29, 0.717) is 12.2 Å². The summed E-state index contributed by atoms with van der Waals surface area (Å²) < 4.78 is 0. The molecule has 2 saturated heterocycles. The van der Waals surface area contributed by atoms with E-state index in [4.69, 9.17) is 0 Å². The quantitative estimate of drug-likeness (QED) is 0.915. The lowest BCUT2D eigenvalue weighted by molar-refractivity contribution is -0.135. The number of carbonyl (C=O) groups excluding carboxylic acids is 2. The lowest BCUT2D eigenvalue weighted by atomic mass is 10.1. The number of anilines is 1. The van der Waals surface area contributed by atoms with E-state index in [-0.39, 0.29) is 22.7 Å². The number of nitrogens with zero attached hydrogens (tertiary/aromatic N) is 1. The van der Waals surface area contributed by atoms with Gasteiger partial charge in [-0.2, -0.15) is 0 Å². The molecular formula is C20H20N2O2S. The van der Waals surface area contributed by atoms with Gasteiger partial charge in [-0.1, -0.05) is 42.5 Å². The lowest BCUT2D eigenvalue weighted by Gasteiger charge is -2.29. The Kier molecular flexibility index (Phi) is 4.04. The third kappa shape index (κ3) is 2.93. The van der Waals surface area contributed by atoms with Gasteiger partial charge in [-0.05, 0) is 36.6 Å². The van der Waals surface area contributed by atoms with E-state index in [9.17, 15) is 9.59 Å². The Labute approximate surface area is 151 Å². The molecule has 2 amide bonds. The number of hydrogen-bond donors (Lipinski definition) is 1. The molecule has 0 aromatic heterocycles. The molecule has 4 rings (SSSR count). The van der Waals surface area contributed by atoms with Crippen molar-refractivity contribution in [3.8, 4) is 11.1 Å². The highest BCUT2D eigenvalue weighted by Crippen LogP contribution is 2.47. The number of nitrogens with one attached hydrogen (secondary N) is 1. The van der Waals surface area contributed by atoms with Gasteiger partial charge in [0.15, 0.2) is 0 Å². The molecule has 2 aliphatic rings. The van der Waals surface area contributed by atoms with E-state index in [1.807, 2.05) is 42.5 Å². The fourth-order valence-corrected chi connectivity index (χ4v) is 5.05. The Bertz CT molecular complexity index is 806. The summed E-state index contributed by atoms with van der Waals surface area (Å²) in [4.78, 5) is 26.4. The average Bonchev–Trinajstić information content (AvgIpc) is 3.13. The average molecular weight is 352 g/mol. The second-order valence-corrected chi connectivity index (χ2v) is 8.20. The highest BCUT2D eigenvalue weighted by molar-refractivity contribution is 8.01. The van der Waals surface area contributed by atoms with Gasteiger partial charge in [-0.3, -0.25) is 9.59 Å². The zero-order valence-corrected chi connectivity index (χ0v) is 14.9. The minimum absolute atomic E-state index is 0.0899. The van der Waals surface area contributed by atoms with Crippen molar-refractivity contribution in [1.82, 2.24) is 4.90 Å². The SMILES string of the molecule is C[C@]12CCC(=O)N1[C@@H](C(=O)Nc1ccc(-c3ccccc3)cc1)CS2. The van der Waals surface area contributed by atoms with Gasteiger partial charge in [0.2, 0.25) is 11.8 Å². The second-order valence-electron chi connectivity index (χ2n) is 6.70. The molecule has 2 heterocycles. The van der Waals surface area contributed by atoms with E-state index in [1.165, 1.54) is 0 Å². The summed E-state index contributed by atoms with van der Waals surface area (Å²) in [6, 6.07) is 17.6. The van der Waals surface area contributed by atoms with Crippen molar-refractivity contribution >= 4 is 29.3 Å². The topological polar surface area (TPSA) is 49.4 Å². The molecule has 4 nitrogen and oxygen atoms in total. The fourth-order valence-electron chi connectivity index (χ4n) is 3.62. The van der Waals surface area contributed by atoms with Gasteiger partial charge in [-0.15, -0.1) is 11.8 Å². The predicted molar refractivity (Wildman–Crippen MR) is 101 cm³/mol. The summed E-state index contributed by atoms with van der Waals surface area (Å²) in [6.45, 7) is 2.06. The third-order valence-corrected chi connectivity index (χ3v) is 6.51. The summed E-state index contributed by atoms with van der Waals surface area (Å²) in [5, 5.41) is 2.97. The summed E-state index contributed by atoms with van der Waals surface area (Å²) in [6.07, 6.45) is 1.37. The molecule has 2 aromatic rings. The highest BCUT2D eigenvalue weighted by atomic mass is 32.2. The summed E-state index contributed by atoms with van der Waals surface area (Å²) >= 11 is 1.71. The van der Waals surface area contributed by atoms with E-state index < -0.39 is 0 Å². The summed E-state index contributed by atoms with van der Waals surface area (Å²) in [5.41, 5.74) is 3.01. The molecule has 0 aliphatic carbocycles. The van der Waals surface area contributed by atoms with Crippen LogP contribution in [0.15, 0.2) is 54.6 Å². The van der Waals surface area contributed by atoms with Crippen molar-refractivity contribution in [2.24, 2.45) is 0 Å². The number of carbonyl (C=O) groups is 2. The first-order valence-electron chi connectivity index (χ1n) is 8.49. The van der Waals surface area contributed by atoms with Crippen LogP contribution in [0.4, 0.5) is 5.69 Å². The number of hydrogen-bond acceptors (Lipinski definition) is 3. The van der Waals surface area contributed by atoms with Crippen molar-refractivity contribution in [2.75, 3.05) is 11.1 Å². The van der Waals surface area contributed by atoms with Crippen molar-refractivity contribution in [2.45, 2.75) is 30.7 Å². The molecule has 25 heavy (non-hydrogen) atoms. The van der Waals surface area contributed by atoms with E-state index in [0.717, 1.165) is 23.2 Å². The van der Waals surface area contributed by atoms with Crippen LogP contribution in [0.2, 0.25) is 0 Å². The number of fused-ring (bicyclic) bond motifs is 1. The first-order chi connectivity index (χ1) is 12.1. The Morgan fingerprint density at radius 1 is 1.12 bits per heavy atom. The maximum Gasteiger partial charge on any atom is 0.248 e. The maximum atomic E-state index is 12.7. The molecule has 2 fully saturated rings. The molecule has 0 bridgehead atoms. The zero-order valence-electron chi connectivity index (χ0n) is 14.1.